The molecule has 0 atom stereocenters. The monoisotopic (exact) mass is 566 g/mol. The molecular formula is C40H30Si2. The lowest BCUT2D eigenvalue weighted by Crippen LogP contribution is -2.37. The summed E-state index contributed by atoms with van der Waals surface area (Å²) in [6.45, 7) is 14.0. The molecule has 2 heteroatoms. The van der Waals surface area contributed by atoms with Gasteiger partial charge in [0.25, 0.3) is 0 Å². The molecule has 3 aromatic carbocycles. The van der Waals surface area contributed by atoms with E-state index < -0.39 is 16.1 Å². The molecule has 0 unspecified atom stereocenters. The third kappa shape index (κ3) is 8.79. The summed E-state index contributed by atoms with van der Waals surface area (Å²) in [6.07, 6.45) is 10.4. The highest BCUT2D eigenvalue weighted by atomic mass is 28.3. The fourth-order valence-corrected chi connectivity index (χ4v) is 6.37. The average Bonchev–Trinajstić information content (AvgIpc) is 2.96. The molecule has 0 bridgehead atoms. The van der Waals surface area contributed by atoms with Crippen molar-refractivity contribution < 1.29 is 0 Å². The van der Waals surface area contributed by atoms with Gasteiger partial charge in [0, 0.05) is 11.1 Å². The van der Waals surface area contributed by atoms with E-state index in [1.54, 1.807) is 0 Å². The maximum Gasteiger partial charge on any atom is 0.0775 e. The Morgan fingerprint density at radius 1 is 0.429 bits per heavy atom. The van der Waals surface area contributed by atoms with Crippen molar-refractivity contribution in [2.45, 2.75) is 39.3 Å². The molecule has 3 rings (SSSR count). The Bertz CT molecular complexity index is 1810. The van der Waals surface area contributed by atoms with Gasteiger partial charge >= 0.3 is 0 Å². The van der Waals surface area contributed by atoms with Crippen LogP contribution in [0.3, 0.4) is 0 Å². The quantitative estimate of drug-likeness (QED) is 0.265. The topological polar surface area (TPSA) is 0 Å². The van der Waals surface area contributed by atoms with E-state index in [1.165, 1.54) is 10.4 Å². The lowest BCUT2D eigenvalue weighted by Gasteiger charge is -2.18. The van der Waals surface area contributed by atoms with E-state index in [0.717, 1.165) is 33.4 Å². The van der Waals surface area contributed by atoms with Crippen LogP contribution in [0.25, 0.3) is 22.3 Å². The van der Waals surface area contributed by atoms with Gasteiger partial charge in [-0.15, -0.1) is 12.8 Å². The maximum absolute atomic E-state index is 5.18. The Kier molecular flexibility index (Phi) is 10.6. The van der Waals surface area contributed by atoms with Gasteiger partial charge in [-0.05, 0) is 105 Å². The van der Waals surface area contributed by atoms with Crippen LogP contribution in [0.2, 0.25) is 39.3 Å². The third-order valence-electron chi connectivity index (χ3n) is 6.32. The molecule has 0 spiro atoms. The summed E-state index contributed by atoms with van der Waals surface area (Å²) in [7, 11) is -2.91. The summed E-state index contributed by atoms with van der Waals surface area (Å²) >= 11 is 0. The van der Waals surface area contributed by atoms with E-state index >= 15 is 0 Å². The van der Waals surface area contributed by atoms with Crippen molar-refractivity contribution in [3.8, 4) is 118 Å². The SMILES string of the molecule is C#CC#CC#CC#Cc1cc(-c2ccc([Si](C)(C)C)cc2)c(C#CC#CC#CC#C)cc1-c1ccc([Si](C)(C)C)cc1. The van der Waals surface area contributed by atoms with Crippen molar-refractivity contribution in [2.75, 3.05) is 0 Å². The van der Waals surface area contributed by atoms with Crippen LogP contribution < -0.4 is 10.4 Å². The van der Waals surface area contributed by atoms with Crippen molar-refractivity contribution in [2.24, 2.45) is 0 Å². The Labute approximate surface area is 254 Å². The average molecular weight is 567 g/mol. The first-order valence-corrected chi connectivity index (χ1v) is 20.4. The Morgan fingerprint density at radius 3 is 1.05 bits per heavy atom. The lowest BCUT2D eigenvalue weighted by molar-refractivity contribution is 1.54. The Morgan fingerprint density at radius 2 is 0.738 bits per heavy atom. The normalized spacial score (nSPS) is 9.43. The van der Waals surface area contributed by atoms with Gasteiger partial charge in [-0.1, -0.05) is 110 Å². The number of benzene rings is 3. The highest BCUT2D eigenvalue weighted by molar-refractivity contribution is 6.89. The predicted octanol–water partition coefficient (Wildman–Crippen LogP) is 6.09. The number of terminal acetylenes is 2. The van der Waals surface area contributed by atoms with Gasteiger partial charge in [0.15, 0.2) is 0 Å². The summed E-state index contributed by atoms with van der Waals surface area (Å²) in [5.41, 5.74) is 5.72. The van der Waals surface area contributed by atoms with Crippen LogP contribution in [0.5, 0.6) is 0 Å². The molecule has 0 aromatic heterocycles. The standard InChI is InChI=1S/C40H30Si2/c1-9-11-13-15-17-19-21-35-31-40(34-25-29-38(30-26-34)42(6,7)8)36(22-20-18-16-14-12-10-2)32-39(35)33-23-27-37(28-24-33)41(3,4)5/h1-2,23-32H,3-8H3. The fraction of sp³-hybridized carbons (Fsp3) is 0.150. The summed E-state index contributed by atoms with van der Waals surface area (Å²) in [6, 6.07) is 21.7. The molecule has 198 valence electrons. The third-order valence-corrected chi connectivity index (χ3v) is 10.5. The highest BCUT2D eigenvalue weighted by Gasteiger charge is 2.18. The zero-order chi connectivity index (χ0) is 30.6. The summed E-state index contributed by atoms with van der Waals surface area (Å²) in [5.74, 6) is 38.0. The molecule has 0 aliphatic heterocycles. The van der Waals surface area contributed by atoms with Gasteiger partial charge < -0.3 is 0 Å². The van der Waals surface area contributed by atoms with Crippen LogP contribution >= 0.6 is 0 Å². The minimum atomic E-state index is -1.45. The van der Waals surface area contributed by atoms with E-state index in [4.69, 9.17) is 12.8 Å². The van der Waals surface area contributed by atoms with E-state index in [1.807, 2.05) is 0 Å². The van der Waals surface area contributed by atoms with E-state index in [9.17, 15) is 0 Å². The molecule has 0 fully saturated rings. The second-order valence-electron chi connectivity index (χ2n) is 11.4. The van der Waals surface area contributed by atoms with Crippen molar-refractivity contribution in [1.82, 2.24) is 0 Å². The minimum Gasteiger partial charge on any atom is -0.106 e. The number of hydrogen-bond donors (Lipinski definition) is 0. The molecular weight excluding hydrogens is 537 g/mol. The van der Waals surface area contributed by atoms with Gasteiger partial charge in [0.1, 0.15) is 0 Å². The minimum absolute atomic E-state index is 0.843. The van der Waals surface area contributed by atoms with Gasteiger partial charge in [0.2, 0.25) is 0 Å². The van der Waals surface area contributed by atoms with Crippen LogP contribution in [0.4, 0.5) is 0 Å². The first-order chi connectivity index (χ1) is 20.0. The molecule has 0 N–H and O–H groups in total. The summed E-state index contributed by atoms with van der Waals surface area (Å²) in [4.78, 5) is 0. The summed E-state index contributed by atoms with van der Waals surface area (Å²) in [5, 5.41) is 2.78. The molecule has 0 saturated carbocycles. The fourth-order valence-electron chi connectivity index (χ4n) is 4.04. The molecule has 0 aliphatic carbocycles. The molecule has 0 heterocycles. The Balaban J connectivity index is 2.30. The van der Waals surface area contributed by atoms with Crippen LogP contribution in [-0.2, 0) is 0 Å². The summed E-state index contributed by atoms with van der Waals surface area (Å²) < 4.78 is 0. The van der Waals surface area contributed by atoms with Crippen LogP contribution in [0.15, 0.2) is 60.7 Å². The molecule has 0 nitrogen and oxygen atoms in total. The first-order valence-electron chi connectivity index (χ1n) is 13.4. The zero-order valence-electron chi connectivity index (χ0n) is 24.9. The van der Waals surface area contributed by atoms with E-state index in [-0.39, 0.29) is 0 Å². The van der Waals surface area contributed by atoms with Crippen molar-refractivity contribution in [3.05, 3.63) is 71.8 Å². The predicted molar refractivity (Wildman–Crippen MR) is 186 cm³/mol. The number of rotatable bonds is 4. The number of hydrogen-bond acceptors (Lipinski definition) is 0. The van der Waals surface area contributed by atoms with E-state index in [0.29, 0.717) is 0 Å². The smallest absolute Gasteiger partial charge is 0.0775 e. The largest absolute Gasteiger partial charge is 0.106 e. The first kappa shape index (κ1) is 31.1. The molecule has 0 radical (unpaired) electrons. The molecule has 42 heavy (non-hydrogen) atoms. The van der Waals surface area contributed by atoms with Crippen molar-refractivity contribution in [3.63, 3.8) is 0 Å². The van der Waals surface area contributed by atoms with Crippen LogP contribution in [0, 0.1) is 95.7 Å². The Hall–Kier alpha value is -5.43. The molecule has 0 amide bonds. The van der Waals surface area contributed by atoms with Crippen LogP contribution in [0.1, 0.15) is 11.1 Å². The van der Waals surface area contributed by atoms with Crippen molar-refractivity contribution in [1.29, 1.82) is 0 Å². The van der Waals surface area contributed by atoms with Gasteiger partial charge in [-0.25, -0.2) is 0 Å². The van der Waals surface area contributed by atoms with Gasteiger partial charge in [-0.3, -0.25) is 0 Å². The van der Waals surface area contributed by atoms with E-state index in [2.05, 4.69) is 183 Å². The second kappa shape index (κ2) is 14.3. The van der Waals surface area contributed by atoms with Gasteiger partial charge in [0.05, 0.1) is 16.1 Å². The molecule has 0 aliphatic rings. The molecule has 0 saturated heterocycles. The van der Waals surface area contributed by atoms with Crippen molar-refractivity contribution >= 4 is 26.5 Å². The molecule has 3 aromatic rings. The maximum atomic E-state index is 5.18. The second-order valence-corrected chi connectivity index (χ2v) is 21.5. The van der Waals surface area contributed by atoms with Crippen LogP contribution in [-0.4, -0.2) is 16.1 Å². The van der Waals surface area contributed by atoms with Gasteiger partial charge in [-0.2, -0.15) is 0 Å². The lowest BCUT2D eigenvalue weighted by atomic mass is 9.91. The zero-order valence-corrected chi connectivity index (χ0v) is 26.9. The highest BCUT2D eigenvalue weighted by Crippen LogP contribution is 2.32.